The van der Waals surface area contributed by atoms with Gasteiger partial charge < -0.3 is 13.9 Å². The van der Waals surface area contributed by atoms with E-state index in [1.54, 1.807) is 17.0 Å². The van der Waals surface area contributed by atoms with Crippen molar-refractivity contribution in [2.24, 2.45) is 0 Å². The van der Waals surface area contributed by atoms with E-state index in [4.69, 9.17) is 4.42 Å². The molecule has 0 bridgehead atoms. The number of benzene rings is 1. The van der Waals surface area contributed by atoms with Gasteiger partial charge in [0.05, 0.1) is 23.8 Å². The highest BCUT2D eigenvalue weighted by molar-refractivity contribution is 5.91. The Morgan fingerprint density at radius 1 is 1.15 bits per heavy atom. The van der Waals surface area contributed by atoms with Crippen LogP contribution in [0.15, 0.2) is 47.1 Å². The van der Waals surface area contributed by atoms with E-state index in [1.807, 2.05) is 18.2 Å². The fourth-order valence-electron chi connectivity index (χ4n) is 2.70. The molecule has 20 heavy (non-hydrogen) atoms. The summed E-state index contributed by atoms with van der Waals surface area (Å²) >= 11 is 0. The first-order valence-electron chi connectivity index (χ1n) is 6.60. The molecule has 0 unspecified atom stereocenters. The van der Waals surface area contributed by atoms with Crippen LogP contribution in [-0.2, 0) is 13.1 Å². The molecule has 5 heteroatoms. The molecule has 0 N–H and O–H groups in total. The third-order valence-corrected chi connectivity index (χ3v) is 3.68. The van der Waals surface area contributed by atoms with Crippen molar-refractivity contribution in [1.29, 1.82) is 0 Å². The highest BCUT2D eigenvalue weighted by atomic mass is 16.3. The number of aromatic nitrogens is 2. The minimum atomic E-state index is -0.0756. The van der Waals surface area contributed by atoms with Gasteiger partial charge in [-0.2, -0.15) is 0 Å². The van der Waals surface area contributed by atoms with Gasteiger partial charge in [-0.3, -0.25) is 4.79 Å². The molecule has 2 aromatic heterocycles. The van der Waals surface area contributed by atoms with Gasteiger partial charge >= 0.3 is 0 Å². The van der Waals surface area contributed by atoms with Crippen LogP contribution in [-0.4, -0.2) is 26.9 Å². The van der Waals surface area contributed by atoms with Crippen molar-refractivity contribution in [1.82, 2.24) is 14.5 Å². The van der Waals surface area contributed by atoms with E-state index in [2.05, 4.69) is 15.6 Å². The molecule has 0 fully saturated rings. The zero-order valence-electron chi connectivity index (χ0n) is 10.8. The fourth-order valence-corrected chi connectivity index (χ4v) is 2.70. The minimum absolute atomic E-state index is 0.0756. The maximum Gasteiger partial charge on any atom is 0.290 e. The number of fused-ring (bicyclic) bond motifs is 3. The average molecular weight is 267 g/mol. The summed E-state index contributed by atoms with van der Waals surface area (Å²) in [7, 11) is 0. The Morgan fingerprint density at radius 3 is 2.90 bits per heavy atom. The third kappa shape index (κ3) is 1.63. The SMILES string of the molecule is O=C(c1ccco1)N1CCn2c(nc3ccccc32)C1. The van der Waals surface area contributed by atoms with Crippen molar-refractivity contribution in [2.45, 2.75) is 13.1 Å². The number of carbonyl (C=O) groups is 1. The van der Waals surface area contributed by atoms with E-state index in [-0.39, 0.29) is 5.91 Å². The maximum atomic E-state index is 12.3. The van der Waals surface area contributed by atoms with Crippen LogP contribution in [0.1, 0.15) is 16.4 Å². The number of nitrogens with zero attached hydrogens (tertiary/aromatic N) is 3. The van der Waals surface area contributed by atoms with E-state index in [0.29, 0.717) is 18.8 Å². The molecule has 1 aliphatic heterocycles. The minimum Gasteiger partial charge on any atom is -0.459 e. The molecule has 3 aromatic rings. The van der Waals surface area contributed by atoms with Crippen LogP contribution in [0.4, 0.5) is 0 Å². The van der Waals surface area contributed by atoms with Gasteiger partial charge in [0.2, 0.25) is 0 Å². The molecule has 3 heterocycles. The number of carbonyl (C=O) groups excluding carboxylic acids is 1. The molecular weight excluding hydrogens is 254 g/mol. The summed E-state index contributed by atoms with van der Waals surface area (Å²) in [5.74, 6) is 1.24. The quantitative estimate of drug-likeness (QED) is 0.679. The van der Waals surface area contributed by atoms with Crippen LogP contribution in [0.2, 0.25) is 0 Å². The van der Waals surface area contributed by atoms with Gasteiger partial charge in [-0.05, 0) is 24.3 Å². The molecule has 1 amide bonds. The van der Waals surface area contributed by atoms with E-state index in [0.717, 1.165) is 23.4 Å². The van der Waals surface area contributed by atoms with E-state index in [1.165, 1.54) is 6.26 Å². The van der Waals surface area contributed by atoms with Crippen molar-refractivity contribution in [2.75, 3.05) is 6.54 Å². The van der Waals surface area contributed by atoms with Crippen molar-refractivity contribution in [3.8, 4) is 0 Å². The molecule has 1 aliphatic rings. The van der Waals surface area contributed by atoms with E-state index in [9.17, 15) is 4.79 Å². The molecule has 0 saturated carbocycles. The van der Waals surface area contributed by atoms with Crippen molar-refractivity contribution in [3.63, 3.8) is 0 Å². The Morgan fingerprint density at radius 2 is 2.05 bits per heavy atom. The largest absolute Gasteiger partial charge is 0.459 e. The zero-order chi connectivity index (χ0) is 13.5. The predicted molar refractivity (Wildman–Crippen MR) is 73.2 cm³/mol. The molecule has 4 rings (SSSR count). The topological polar surface area (TPSA) is 51.3 Å². The van der Waals surface area contributed by atoms with Gasteiger partial charge in [-0.1, -0.05) is 12.1 Å². The molecular formula is C15H13N3O2. The van der Waals surface area contributed by atoms with Crippen LogP contribution in [0, 0.1) is 0 Å². The highest BCUT2D eigenvalue weighted by Gasteiger charge is 2.25. The lowest BCUT2D eigenvalue weighted by Gasteiger charge is -2.27. The predicted octanol–water partition coefficient (Wildman–Crippen LogP) is 2.29. The number of para-hydroxylation sites is 2. The molecule has 0 aliphatic carbocycles. The van der Waals surface area contributed by atoms with Crippen LogP contribution in [0.3, 0.4) is 0 Å². The number of imidazole rings is 1. The number of hydrogen-bond acceptors (Lipinski definition) is 3. The second-order valence-corrected chi connectivity index (χ2v) is 4.87. The van der Waals surface area contributed by atoms with Crippen LogP contribution < -0.4 is 0 Å². The molecule has 0 atom stereocenters. The monoisotopic (exact) mass is 267 g/mol. The average Bonchev–Trinajstić information content (AvgIpc) is 3.13. The Hall–Kier alpha value is -2.56. The second-order valence-electron chi connectivity index (χ2n) is 4.87. The van der Waals surface area contributed by atoms with Crippen molar-refractivity contribution >= 4 is 16.9 Å². The Balaban J connectivity index is 1.68. The Labute approximate surface area is 115 Å². The Bertz CT molecular complexity index is 774. The van der Waals surface area contributed by atoms with Gasteiger partial charge in [0, 0.05) is 13.1 Å². The van der Waals surface area contributed by atoms with E-state index >= 15 is 0 Å². The lowest BCUT2D eigenvalue weighted by atomic mass is 10.3. The first kappa shape index (κ1) is 11.3. The molecule has 100 valence electrons. The summed E-state index contributed by atoms with van der Waals surface area (Å²) < 4.78 is 7.36. The molecule has 0 radical (unpaired) electrons. The summed E-state index contributed by atoms with van der Waals surface area (Å²) in [4.78, 5) is 18.7. The van der Waals surface area contributed by atoms with Gasteiger partial charge in [-0.25, -0.2) is 4.98 Å². The number of rotatable bonds is 1. The normalized spacial score (nSPS) is 14.5. The fraction of sp³-hybridized carbons (Fsp3) is 0.200. The lowest BCUT2D eigenvalue weighted by Crippen LogP contribution is -2.38. The second kappa shape index (κ2) is 4.23. The highest BCUT2D eigenvalue weighted by Crippen LogP contribution is 2.21. The van der Waals surface area contributed by atoms with Crippen LogP contribution >= 0.6 is 0 Å². The van der Waals surface area contributed by atoms with Crippen molar-refractivity contribution in [3.05, 3.63) is 54.2 Å². The van der Waals surface area contributed by atoms with E-state index < -0.39 is 0 Å². The van der Waals surface area contributed by atoms with Crippen LogP contribution in [0.5, 0.6) is 0 Å². The first-order valence-corrected chi connectivity index (χ1v) is 6.60. The maximum absolute atomic E-state index is 12.3. The number of hydrogen-bond donors (Lipinski definition) is 0. The summed E-state index contributed by atoms with van der Waals surface area (Å²) in [6, 6.07) is 11.5. The third-order valence-electron chi connectivity index (χ3n) is 3.68. The summed E-state index contributed by atoms with van der Waals surface area (Å²) in [6.45, 7) is 1.96. The van der Waals surface area contributed by atoms with Gasteiger partial charge in [0.15, 0.2) is 5.76 Å². The number of amides is 1. The zero-order valence-corrected chi connectivity index (χ0v) is 10.8. The van der Waals surface area contributed by atoms with Gasteiger partial charge in [0.25, 0.3) is 5.91 Å². The summed E-state index contributed by atoms with van der Waals surface area (Å²) in [5.41, 5.74) is 2.11. The summed E-state index contributed by atoms with van der Waals surface area (Å²) in [5, 5.41) is 0. The standard InChI is InChI=1S/C15H13N3O2/c19-15(13-6-3-9-20-13)17-7-8-18-12-5-2-1-4-11(12)16-14(18)10-17/h1-6,9H,7-8,10H2. The molecule has 1 aromatic carbocycles. The smallest absolute Gasteiger partial charge is 0.290 e. The van der Waals surface area contributed by atoms with Gasteiger partial charge in [-0.15, -0.1) is 0 Å². The Kier molecular flexibility index (Phi) is 2.39. The van der Waals surface area contributed by atoms with Crippen molar-refractivity contribution < 1.29 is 9.21 Å². The van der Waals surface area contributed by atoms with Crippen LogP contribution in [0.25, 0.3) is 11.0 Å². The number of furan rings is 1. The lowest BCUT2D eigenvalue weighted by molar-refractivity contribution is 0.0676. The molecule has 5 nitrogen and oxygen atoms in total. The molecule has 0 spiro atoms. The molecule has 0 saturated heterocycles. The summed E-state index contributed by atoms with van der Waals surface area (Å²) in [6.07, 6.45) is 1.52. The first-order chi connectivity index (χ1) is 9.83. The van der Waals surface area contributed by atoms with Gasteiger partial charge in [0.1, 0.15) is 5.82 Å².